The molecule has 0 aliphatic heterocycles. The number of rotatable bonds is 3. The lowest BCUT2D eigenvalue weighted by molar-refractivity contribution is 0.629. The molecule has 0 saturated carbocycles. The molecular formula is C13H10Cl2FN3OS. The standard InChI is InChI=1S/C13H10Cl2FN3OS/c1-6(14)12-18-10-3-9(16)8(15)2-11(10)19(12)4-7-5-21-13(20)17-7/h2-3,5-6H,4H2,1H3,(H,17,20). The molecule has 3 rings (SSSR count). The zero-order valence-electron chi connectivity index (χ0n) is 10.9. The average Bonchev–Trinajstić information content (AvgIpc) is 2.96. The van der Waals surface area contributed by atoms with Crippen LogP contribution in [0.15, 0.2) is 22.3 Å². The number of alkyl halides is 1. The van der Waals surface area contributed by atoms with Gasteiger partial charge in [0, 0.05) is 17.1 Å². The zero-order valence-corrected chi connectivity index (χ0v) is 13.2. The summed E-state index contributed by atoms with van der Waals surface area (Å²) in [5.74, 6) is 0.0758. The Bertz CT molecular complexity index is 868. The van der Waals surface area contributed by atoms with Gasteiger partial charge in [-0.05, 0) is 13.0 Å². The van der Waals surface area contributed by atoms with E-state index in [1.807, 2.05) is 4.57 Å². The monoisotopic (exact) mass is 345 g/mol. The maximum Gasteiger partial charge on any atom is 0.304 e. The molecule has 3 aromatic rings. The molecule has 4 nitrogen and oxygen atoms in total. The van der Waals surface area contributed by atoms with Crippen molar-refractivity contribution in [2.75, 3.05) is 0 Å². The number of hydrogen-bond donors (Lipinski definition) is 1. The summed E-state index contributed by atoms with van der Waals surface area (Å²) < 4.78 is 15.4. The summed E-state index contributed by atoms with van der Waals surface area (Å²) in [6, 6.07) is 2.81. The molecule has 1 unspecified atom stereocenters. The van der Waals surface area contributed by atoms with Gasteiger partial charge >= 0.3 is 4.87 Å². The topological polar surface area (TPSA) is 50.7 Å². The molecule has 0 saturated heterocycles. The third kappa shape index (κ3) is 2.71. The predicted molar refractivity (Wildman–Crippen MR) is 83.0 cm³/mol. The van der Waals surface area contributed by atoms with Crippen LogP contribution in [0.2, 0.25) is 5.02 Å². The summed E-state index contributed by atoms with van der Waals surface area (Å²) in [5.41, 5.74) is 1.90. The van der Waals surface area contributed by atoms with Gasteiger partial charge < -0.3 is 9.55 Å². The van der Waals surface area contributed by atoms with E-state index in [2.05, 4.69) is 9.97 Å². The van der Waals surface area contributed by atoms with Gasteiger partial charge in [-0.2, -0.15) is 0 Å². The second-order valence-electron chi connectivity index (χ2n) is 4.60. The smallest absolute Gasteiger partial charge is 0.304 e. The zero-order chi connectivity index (χ0) is 15.1. The summed E-state index contributed by atoms with van der Waals surface area (Å²) in [4.78, 5) is 18.2. The van der Waals surface area contributed by atoms with Crippen molar-refractivity contribution in [3.8, 4) is 0 Å². The Kier molecular flexibility index (Phi) is 3.77. The fourth-order valence-electron chi connectivity index (χ4n) is 2.17. The lowest BCUT2D eigenvalue weighted by Gasteiger charge is -2.09. The normalized spacial score (nSPS) is 13.0. The first-order valence-corrected chi connectivity index (χ1v) is 7.81. The van der Waals surface area contributed by atoms with Gasteiger partial charge in [-0.15, -0.1) is 11.6 Å². The Morgan fingerprint density at radius 2 is 2.29 bits per heavy atom. The molecule has 2 heterocycles. The predicted octanol–water partition coefficient (Wildman–Crippen LogP) is 3.93. The number of aromatic nitrogens is 3. The summed E-state index contributed by atoms with van der Waals surface area (Å²) in [6.07, 6.45) is 0. The molecule has 1 atom stereocenters. The van der Waals surface area contributed by atoms with Gasteiger partial charge in [0.15, 0.2) is 0 Å². The van der Waals surface area contributed by atoms with Crippen LogP contribution in [-0.2, 0) is 6.54 Å². The first-order valence-electron chi connectivity index (χ1n) is 6.11. The molecule has 21 heavy (non-hydrogen) atoms. The van der Waals surface area contributed by atoms with E-state index in [1.165, 1.54) is 12.1 Å². The third-order valence-corrected chi connectivity index (χ3v) is 4.28. The van der Waals surface area contributed by atoms with E-state index in [0.29, 0.717) is 23.4 Å². The minimum absolute atomic E-state index is 0.0243. The van der Waals surface area contributed by atoms with E-state index < -0.39 is 5.82 Å². The summed E-state index contributed by atoms with van der Waals surface area (Å²) in [6.45, 7) is 2.18. The second kappa shape index (κ2) is 5.44. The fraction of sp³-hybridized carbons (Fsp3) is 0.231. The van der Waals surface area contributed by atoms with E-state index in [1.54, 1.807) is 12.3 Å². The van der Waals surface area contributed by atoms with Crippen LogP contribution in [0.5, 0.6) is 0 Å². The molecule has 8 heteroatoms. The van der Waals surface area contributed by atoms with Crippen molar-refractivity contribution >= 4 is 45.6 Å². The number of H-pyrrole nitrogens is 1. The number of thiazole rings is 1. The fourth-order valence-corrected chi connectivity index (χ4v) is 3.07. The van der Waals surface area contributed by atoms with Crippen molar-refractivity contribution in [1.82, 2.24) is 14.5 Å². The van der Waals surface area contributed by atoms with Crippen LogP contribution >= 0.6 is 34.5 Å². The number of halogens is 3. The van der Waals surface area contributed by atoms with Gasteiger partial charge in [-0.25, -0.2) is 9.37 Å². The molecule has 0 fully saturated rings. The van der Waals surface area contributed by atoms with Crippen molar-refractivity contribution in [2.45, 2.75) is 18.8 Å². The number of fused-ring (bicyclic) bond motifs is 1. The van der Waals surface area contributed by atoms with Gasteiger partial charge in [0.05, 0.1) is 28.0 Å². The van der Waals surface area contributed by atoms with Gasteiger partial charge in [0.25, 0.3) is 0 Å². The number of hydrogen-bond acceptors (Lipinski definition) is 3. The Morgan fingerprint density at radius 1 is 1.52 bits per heavy atom. The largest absolute Gasteiger partial charge is 0.321 e. The second-order valence-corrected chi connectivity index (χ2v) is 6.50. The first-order chi connectivity index (χ1) is 9.95. The van der Waals surface area contributed by atoms with Gasteiger partial charge in [-0.3, -0.25) is 4.79 Å². The molecule has 0 amide bonds. The van der Waals surface area contributed by atoms with Gasteiger partial charge in [-0.1, -0.05) is 22.9 Å². The van der Waals surface area contributed by atoms with Crippen LogP contribution in [0.1, 0.15) is 23.8 Å². The number of nitrogens with zero attached hydrogens (tertiary/aromatic N) is 2. The first kappa shape index (κ1) is 14.6. The van der Waals surface area contributed by atoms with Crippen LogP contribution in [0.4, 0.5) is 4.39 Å². The Labute approximate surface area is 133 Å². The van der Waals surface area contributed by atoms with Gasteiger partial charge in [0.2, 0.25) is 0 Å². The molecule has 0 spiro atoms. The molecule has 2 aromatic heterocycles. The highest BCUT2D eigenvalue weighted by atomic mass is 35.5. The highest BCUT2D eigenvalue weighted by Crippen LogP contribution is 2.28. The highest BCUT2D eigenvalue weighted by Gasteiger charge is 2.17. The van der Waals surface area contributed by atoms with Crippen LogP contribution in [0.25, 0.3) is 11.0 Å². The quantitative estimate of drug-likeness (QED) is 0.731. The lowest BCUT2D eigenvalue weighted by atomic mass is 10.3. The third-order valence-electron chi connectivity index (χ3n) is 3.07. The van der Waals surface area contributed by atoms with E-state index in [-0.39, 0.29) is 15.3 Å². The van der Waals surface area contributed by atoms with Gasteiger partial charge in [0.1, 0.15) is 11.6 Å². The van der Waals surface area contributed by atoms with Crippen molar-refractivity contribution in [1.29, 1.82) is 0 Å². The average molecular weight is 346 g/mol. The molecule has 0 aliphatic carbocycles. The van der Waals surface area contributed by atoms with E-state index in [9.17, 15) is 9.18 Å². The molecule has 110 valence electrons. The molecule has 0 radical (unpaired) electrons. The van der Waals surface area contributed by atoms with E-state index in [0.717, 1.165) is 17.0 Å². The number of imidazole rings is 1. The molecule has 0 aliphatic rings. The lowest BCUT2D eigenvalue weighted by Crippen LogP contribution is -2.07. The van der Waals surface area contributed by atoms with E-state index in [4.69, 9.17) is 23.2 Å². The Hall–Kier alpha value is -1.37. The van der Waals surface area contributed by atoms with Crippen LogP contribution in [0.3, 0.4) is 0 Å². The Morgan fingerprint density at radius 3 is 2.90 bits per heavy atom. The SMILES string of the molecule is CC(Cl)c1nc2cc(F)c(Cl)cc2n1Cc1csc(=O)[nH]1. The number of benzene rings is 1. The van der Waals surface area contributed by atoms with Crippen LogP contribution < -0.4 is 4.87 Å². The highest BCUT2D eigenvalue weighted by molar-refractivity contribution is 7.07. The van der Waals surface area contributed by atoms with Crippen LogP contribution in [-0.4, -0.2) is 14.5 Å². The maximum atomic E-state index is 13.6. The summed E-state index contributed by atoms with van der Waals surface area (Å²) in [5, 5.41) is 1.41. The van der Waals surface area contributed by atoms with Crippen LogP contribution in [0, 0.1) is 5.82 Å². The van der Waals surface area contributed by atoms with Crippen molar-refractivity contribution < 1.29 is 4.39 Å². The Balaban J connectivity index is 2.19. The van der Waals surface area contributed by atoms with Crippen molar-refractivity contribution in [2.24, 2.45) is 0 Å². The summed E-state index contributed by atoms with van der Waals surface area (Å²) >= 11 is 13.1. The van der Waals surface area contributed by atoms with Crippen molar-refractivity contribution in [3.05, 3.63) is 49.5 Å². The molecule has 0 bridgehead atoms. The number of nitrogens with one attached hydrogen (secondary N) is 1. The molecular weight excluding hydrogens is 336 g/mol. The molecule has 1 N–H and O–H groups in total. The van der Waals surface area contributed by atoms with E-state index >= 15 is 0 Å². The molecule has 1 aromatic carbocycles. The maximum absolute atomic E-state index is 13.6. The summed E-state index contributed by atoms with van der Waals surface area (Å²) in [7, 11) is 0. The minimum Gasteiger partial charge on any atom is -0.321 e. The van der Waals surface area contributed by atoms with Crippen molar-refractivity contribution in [3.63, 3.8) is 0 Å². The number of aromatic amines is 1. The minimum atomic E-state index is -0.522.